The molecule has 0 bridgehead atoms. The van der Waals surface area contributed by atoms with Gasteiger partial charge in [-0.05, 0) is 31.0 Å². The van der Waals surface area contributed by atoms with Crippen LogP contribution in [0.4, 0.5) is 4.39 Å². The molecule has 0 atom stereocenters. The number of imidazole rings is 1. The van der Waals surface area contributed by atoms with Gasteiger partial charge in [0.1, 0.15) is 11.6 Å². The van der Waals surface area contributed by atoms with Gasteiger partial charge in [-0.15, -0.1) is 0 Å². The van der Waals surface area contributed by atoms with Crippen LogP contribution < -0.4 is 4.72 Å². The molecule has 5 nitrogen and oxygen atoms in total. The summed E-state index contributed by atoms with van der Waals surface area (Å²) in [5.41, 5.74) is 0.978. The van der Waals surface area contributed by atoms with E-state index in [4.69, 9.17) is 0 Å². The molecule has 120 valence electrons. The summed E-state index contributed by atoms with van der Waals surface area (Å²) in [5.74, 6) is 0.372. The van der Waals surface area contributed by atoms with Gasteiger partial charge in [-0.3, -0.25) is 0 Å². The third kappa shape index (κ3) is 4.14. The minimum absolute atomic E-state index is 0.0894. The molecule has 1 aromatic heterocycles. The predicted octanol–water partition coefficient (Wildman–Crippen LogP) is 2.54. The van der Waals surface area contributed by atoms with Crippen molar-refractivity contribution in [3.63, 3.8) is 0 Å². The van der Waals surface area contributed by atoms with Gasteiger partial charge in [0.15, 0.2) is 0 Å². The summed E-state index contributed by atoms with van der Waals surface area (Å²) in [6, 6.07) is 4.68. The zero-order valence-electron chi connectivity index (χ0n) is 12.7. The standard InChI is InChI=1S/C15H20FN3O2S/c1-3-4-9-22(20,21)18-11-13-5-6-15(14(16)10-13)19-8-7-17-12(19)2/h5-8,10,18H,3-4,9,11H2,1-2H3. The van der Waals surface area contributed by atoms with E-state index in [-0.39, 0.29) is 12.3 Å². The van der Waals surface area contributed by atoms with Crippen LogP contribution in [0, 0.1) is 12.7 Å². The molecule has 22 heavy (non-hydrogen) atoms. The fourth-order valence-corrected chi connectivity index (χ4v) is 3.29. The van der Waals surface area contributed by atoms with Crippen LogP contribution in [-0.2, 0) is 16.6 Å². The maximum atomic E-state index is 14.2. The van der Waals surface area contributed by atoms with Crippen LogP contribution in [0.3, 0.4) is 0 Å². The number of rotatable bonds is 7. The largest absolute Gasteiger partial charge is 0.301 e. The summed E-state index contributed by atoms with van der Waals surface area (Å²) < 4.78 is 41.8. The van der Waals surface area contributed by atoms with E-state index in [2.05, 4.69) is 9.71 Å². The van der Waals surface area contributed by atoms with Gasteiger partial charge in [-0.2, -0.15) is 0 Å². The molecule has 1 aromatic carbocycles. The van der Waals surface area contributed by atoms with Crippen LogP contribution in [0.2, 0.25) is 0 Å². The molecule has 0 amide bonds. The summed E-state index contributed by atoms with van der Waals surface area (Å²) in [4.78, 5) is 4.06. The molecule has 0 saturated heterocycles. The summed E-state index contributed by atoms with van der Waals surface area (Å²) in [6.45, 7) is 3.81. The number of aromatic nitrogens is 2. The van der Waals surface area contributed by atoms with Crippen molar-refractivity contribution in [1.29, 1.82) is 0 Å². The minimum atomic E-state index is -3.30. The van der Waals surface area contributed by atoms with Crippen molar-refractivity contribution >= 4 is 10.0 Å². The Balaban J connectivity index is 2.09. The van der Waals surface area contributed by atoms with Gasteiger partial charge in [0.25, 0.3) is 0 Å². The average molecular weight is 325 g/mol. The Kier molecular flexibility index (Phi) is 5.31. The molecular formula is C15H20FN3O2S. The summed E-state index contributed by atoms with van der Waals surface area (Å²) in [5, 5.41) is 0. The Labute approximate surface area is 130 Å². The highest BCUT2D eigenvalue weighted by Gasteiger charge is 2.11. The highest BCUT2D eigenvalue weighted by molar-refractivity contribution is 7.89. The van der Waals surface area contributed by atoms with Crippen molar-refractivity contribution in [1.82, 2.24) is 14.3 Å². The Morgan fingerprint density at radius 1 is 1.36 bits per heavy atom. The lowest BCUT2D eigenvalue weighted by atomic mass is 10.2. The molecule has 2 aromatic rings. The molecule has 0 radical (unpaired) electrons. The molecule has 1 heterocycles. The molecule has 2 rings (SSSR count). The first kappa shape index (κ1) is 16.6. The molecule has 0 aliphatic heterocycles. The number of nitrogens with one attached hydrogen (secondary N) is 1. The van der Waals surface area contributed by atoms with Gasteiger partial charge < -0.3 is 4.57 Å². The van der Waals surface area contributed by atoms with Gasteiger partial charge in [0, 0.05) is 18.9 Å². The number of nitrogens with zero attached hydrogens (tertiary/aromatic N) is 2. The van der Waals surface area contributed by atoms with Crippen molar-refractivity contribution < 1.29 is 12.8 Å². The monoisotopic (exact) mass is 325 g/mol. The van der Waals surface area contributed by atoms with Gasteiger partial charge in [-0.1, -0.05) is 19.4 Å². The Morgan fingerprint density at radius 2 is 2.14 bits per heavy atom. The smallest absolute Gasteiger partial charge is 0.211 e. The summed E-state index contributed by atoms with van der Waals surface area (Å²) in [6.07, 6.45) is 4.71. The van der Waals surface area contributed by atoms with Crippen molar-refractivity contribution in [2.45, 2.75) is 33.2 Å². The Bertz CT molecular complexity index is 741. The van der Waals surface area contributed by atoms with Crippen LogP contribution in [-0.4, -0.2) is 23.7 Å². The molecule has 0 spiro atoms. The van der Waals surface area contributed by atoms with E-state index in [9.17, 15) is 12.8 Å². The Hall–Kier alpha value is -1.73. The number of unbranched alkanes of at least 4 members (excludes halogenated alkanes) is 1. The highest BCUT2D eigenvalue weighted by atomic mass is 32.2. The molecule has 0 aliphatic carbocycles. The van der Waals surface area contributed by atoms with Crippen molar-refractivity contribution in [2.24, 2.45) is 0 Å². The first-order valence-electron chi connectivity index (χ1n) is 7.19. The van der Waals surface area contributed by atoms with Gasteiger partial charge in [0.05, 0.1) is 11.4 Å². The maximum absolute atomic E-state index is 14.2. The van der Waals surface area contributed by atoms with E-state index in [0.717, 1.165) is 6.42 Å². The topological polar surface area (TPSA) is 64.0 Å². The average Bonchev–Trinajstić information content (AvgIpc) is 2.89. The number of sulfonamides is 1. The Morgan fingerprint density at radius 3 is 2.73 bits per heavy atom. The van der Waals surface area contributed by atoms with Crippen molar-refractivity contribution in [3.05, 3.63) is 47.8 Å². The minimum Gasteiger partial charge on any atom is -0.301 e. The van der Waals surface area contributed by atoms with E-state index in [1.807, 2.05) is 6.92 Å². The number of halogens is 1. The normalized spacial score (nSPS) is 11.8. The van der Waals surface area contributed by atoms with Crippen LogP contribution in [0.5, 0.6) is 0 Å². The SMILES string of the molecule is CCCCS(=O)(=O)NCc1ccc(-n2ccnc2C)c(F)c1. The van der Waals surface area contributed by atoms with Crippen molar-refractivity contribution in [2.75, 3.05) is 5.75 Å². The summed E-state index contributed by atoms with van der Waals surface area (Å²) >= 11 is 0. The third-order valence-electron chi connectivity index (χ3n) is 3.36. The quantitative estimate of drug-likeness (QED) is 0.851. The van der Waals surface area contributed by atoms with Crippen molar-refractivity contribution in [3.8, 4) is 5.69 Å². The van der Waals surface area contributed by atoms with E-state index < -0.39 is 15.8 Å². The second-order valence-corrected chi connectivity index (χ2v) is 7.05. The molecule has 0 saturated carbocycles. The first-order chi connectivity index (χ1) is 10.4. The van der Waals surface area contributed by atoms with Crippen LogP contribution in [0.25, 0.3) is 5.69 Å². The van der Waals surface area contributed by atoms with Crippen LogP contribution in [0.15, 0.2) is 30.6 Å². The predicted molar refractivity (Wildman–Crippen MR) is 83.8 cm³/mol. The third-order valence-corrected chi connectivity index (χ3v) is 4.77. The second-order valence-electron chi connectivity index (χ2n) is 5.12. The van der Waals surface area contributed by atoms with Crippen LogP contribution in [0.1, 0.15) is 31.2 Å². The van der Waals surface area contributed by atoms with E-state index in [1.165, 1.54) is 6.07 Å². The first-order valence-corrected chi connectivity index (χ1v) is 8.84. The fourth-order valence-electron chi connectivity index (χ4n) is 2.09. The molecule has 7 heteroatoms. The number of aryl methyl sites for hydroxylation is 1. The highest BCUT2D eigenvalue weighted by Crippen LogP contribution is 2.17. The zero-order valence-corrected chi connectivity index (χ0v) is 13.5. The number of hydrogen-bond acceptors (Lipinski definition) is 3. The zero-order chi connectivity index (χ0) is 16.2. The molecular weight excluding hydrogens is 305 g/mol. The lowest BCUT2D eigenvalue weighted by molar-refractivity contribution is 0.576. The van der Waals surface area contributed by atoms with E-state index >= 15 is 0 Å². The van der Waals surface area contributed by atoms with Gasteiger partial charge in [-0.25, -0.2) is 22.5 Å². The molecule has 0 unspecified atom stereocenters. The van der Waals surface area contributed by atoms with E-state index in [1.54, 1.807) is 36.0 Å². The van der Waals surface area contributed by atoms with Gasteiger partial charge >= 0.3 is 0 Å². The fraction of sp³-hybridized carbons (Fsp3) is 0.400. The lowest BCUT2D eigenvalue weighted by Gasteiger charge is -2.10. The molecule has 0 aliphatic rings. The molecule has 0 fully saturated rings. The summed E-state index contributed by atoms with van der Waals surface area (Å²) in [7, 11) is -3.30. The van der Waals surface area contributed by atoms with E-state index in [0.29, 0.717) is 23.5 Å². The number of benzene rings is 1. The maximum Gasteiger partial charge on any atom is 0.211 e. The second kappa shape index (κ2) is 7.02. The van der Waals surface area contributed by atoms with Gasteiger partial charge in [0.2, 0.25) is 10.0 Å². The van der Waals surface area contributed by atoms with Crippen LogP contribution >= 0.6 is 0 Å². The number of hydrogen-bond donors (Lipinski definition) is 1. The lowest BCUT2D eigenvalue weighted by Crippen LogP contribution is -2.26. The molecule has 1 N–H and O–H groups in total.